The summed E-state index contributed by atoms with van der Waals surface area (Å²) in [7, 11) is -3.31. The summed E-state index contributed by atoms with van der Waals surface area (Å²) in [5, 5.41) is 1.52. The van der Waals surface area contributed by atoms with Crippen LogP contribution in [0.1, 0.15) is 13.8 Å². The Hall–Kier alpha value is -1.86. The van der Waals surface area contributed by atoms with Crippen LogP contribution in [0, 0.1) is 0 Å². The van der Waals surface area contributed by atoms with Gasteiger partial charge in [-0.05, 0) is 26.0 Å². The Morgan fingerprint density at radius 3 is 2.57 bits per heavy atom. The van der Waals surface area contributed by atoms with Crippen LogP contribution in [0.15, 0.2) is 42.0 Å². The van der Waals surface area contributed by atoms with Crippen LogP contribution in [0.5, 0.6) is 0 Å². The molecule has 0 aliphatic carbocycles. The van der Waals surface area contributed by atoms with Crippen LogP contribution in [0.2, 0.25) is 0 Å². The molecule has 3 aromatic rings. The van der Waals surface area contributed by atoms with Gasteiger partial charge in [-0.25, -0.2) is 13.4 Å². The summed E-state index contributed by atoms with van der Waals surface area (Å²) in [4.78, 5) is 5.46. The molecular weight excluding hydrogens is 306 g/mol. The van der Waals surface area contributed by atoms with Gasteiger partial charge in [0.15, 0.2) is 4.96 Å². The Bertz CT molecular complexity index is 833. The molecule has 0 aliphatic heterocycles. The summed E-state index contributed by atoms with van der Waals surface area (Å²) in [6.07, 6.45) is 3.92. The number of nitrogens with zero attached hydrogens (tertiary/aromatic N) is 2. The maximum Gasteiger partial charge on any atom is 0.235 e. The largest absolute Gasteiger partial charge is 0.297 e. The number of nitrogens with one attached hydrogen (secondary N) is 1. The zero-order valence-corrected chi connectivity index (χ0v) is 13.3. The zero-order valence-electron chi connectivity index (χ0n) is 11.6. The maximum atomic E-state index is 11.8. The van der Waals surface area contributed by atoms with Crippen molar-refractivity contribution in [3.8, 4) is 11.3 Å². The molecule has 0 aliphatic rings. The van der Waals surface area contributed by atoms with E-state index in [-0.39, 0.29) is 0 Å². The van der Waals surface area contributed by atoms with Crippen molar-refractivity contribution in [2.75, 3.05) is 4.72 Å². The Kier molecular flexibility index (Phi) is 3.46. The SMILES string of the molecule is CC(C)S(=O)(=O)Nc1ccc(-c2cn3ccsc3n2)cc1. The molecule has 1 N–H and O–H groups in total. The van der Waals surface area contributed by atoms with Crippen LogP contribution in [0.4, 0.5) is 5.69 Å². The molecule has 0 radical (unpaired) electrons. The molecule has 110 valence electrons. The average Bonchev–Trinajstić information content (AvgIpc) is 2.99. The number of imidazole rings is 1. The van der Waals surface area contributed by atoms with Gasteiger partial charge in [-0.1, -0.05) is 12.1 Å². The lowest BCUT2D eigenvalue weighted by Crippen LogP contribution is -2.22. The number of thiazole rings is 1. The third-order valence-electron chi connectivity index (χ3n) is 3.15. The van der Waals surface area contributed by atoms with Gasteiger partial charge in [0.1, 0.15) is 0 Å². The summed E-state index contributed by atoms with van der Waals surface area (Å²) >= 11 is 1.58. The number of benzene rings is 1. The highest BCUT2D eigenvalue weighted by molar-refractivity contribution is 7.93. The van der Waals surface area contributed by atoms with Crippen molar-refractivity contribution in [1.29, 1.82) is 0 Å². The number of sulfonamides is 1. The first-order valence-corrected chi connectivity index (χ1v) is 8.92. The van der Waals surface area contributed by atoms with E-state index in [2.05, 4.69) is 9.71 Å². The molecule has 3 rings (SSSR count). The second-order valence-corrected chi connectivity index (χ2v) is 8.10. The molecule has 1 aromatic carbocycles. The van der Waals surface area contributed by atoms with Crippen LogP contribution in [-0.4, -0.2) is 23.1 Å². The normalized spacial score (nSPS) is 12.1. The quantitative estimate of drug-likeness (QED) is 0.802. The Labute approximate surface area is 127 Å². The van der Waals surface area contributed by atoms with E-state index in [0.717, 1.165) is 16.2 Å². The number of hydrogen-bond acceptors (Lipinski definition) is 4. The zero-order chi connectivity index (χ0) is 15.0. The average molecular weight is 321 g/mol. The Balaban J connectivity index is 1.85. The summed E-state index contributed by atoms with van der Waals surface area (Å²) in [6, 6.07) is 7.24. The summed E-state index contributed by atoms with van der Waals surface area (Å²) < 4.78 is 28.2. The van der Waals surface area contributed by atoms with E-state index >= 15 is 0 Å². The van der Waals surface area contributed by atoms with E-state index in [1.807, 2.05) is 34.3 Å². The summed E-state index contributed by atoms with van der Waals surface area (Å²) in [5.41, 5.74) is 2.40. The van der Waals surface area contributed by atoms with Crippen molar-refractivity contribution in [2.45, 2.75) is 19.1 Å². The molecule has 0 amide bonds. The topological polar surface area (TPSA) is 63.5 Å². The van der Waals surface area contributed by atoms with Gasteiger partial charge in [0.2, 0.25) is 10.0 Å². The highest BCUT2D eigenvalue weighted by atomic mass is 32.2. The highest BCUT2D eigenvalue weighted by Crippen LogP contribution is 2.23. The first-order chi connectivity index (χ1) is 9.95. The number of aromatic nitrogens is 2. The van der Waals surface area contributed by atoms with Crippen molar-refractivity contribution in [1.82, 2.24) is 9.38 Å². The van der Waals surface area contributed by atoms with E-state index in [1.165, 1.54) is 0 Å². The van der Waals surface area contributed by atoms with E-state index < -0.39 is 15.3 Å². The highest BCUT2D eigenvalue weighted by Gasteiger charge is 2.15. The van der Waals surface area contributed by atoms with Crippen molar-refractivity contribution in [3.63, 3.8) is 0 Å². The molecule has 5 nitrogen and oxygen atoms in total. The van der Waals surface area contributed by atoms with Gasteiger partial charge in [0.05, 0.1) is 10.9 Å². The predicted octanol–water partition coefficient (Wildman–Crippen LogP) is 3.21. The van der Waals surface area contributed by atoms with Crippen LogP contribution < -0.4 is 4.72 Å². The first kappa shape index (κ1) is 14.1. The van der Waals surface area contributed by atoms with E-state index in [1.54, 1.807) is 37.3 Å². The maximum absolute atomic E-state index is 11.8. The minimum atomic E-state index is -3.31. The van der Waals surface area contributed by atoms with Gasteiger partial charge in [-0.3, -0.25) is 9.12 Å². The van der Waals surface area contributed by atoms with Gasteiger partial charge in [0.25, 0.3) is 0 Å². The second kappa shape index (κ2) is 5.16. The third kappa shape index (κ3) is 2.79. The van der Waals surface area contributed by atoms with Gasteiger partial charge >= 0.3 is 0 Å². The molecule has 0 bridgehead atoms. The molecule has 0 unspecified atom stereocenters. The van der Waals surface area contributed by atoms with E-state index in [9.17, 15) is 8.42 Å². The van der Waals surface area contributed by atoms with Gasteiger partial charge < -0.3 is 0 Å². The molecule has 2 heterocycles. The van der Waals surface area contributed by atoms with Gasteiger partial charge in [-0.15, -0.1) is 11.3 Å². The van der Waals surface area contributed by atoms with Crippen molar-refractivity contribution >= 4 is 32.0 Å². The van der Waals surface area contributed by atoms with Crippen LogP contribution in [0.25, 0.3) is 16.2 Å². The molecular formula is C14H15N3O2S2. The predicted molar refractivity (Wildman–Crippen MR) is 86.2 cm³/mol. The minimum absolute atomic E-state index is 0.461. The molecule has 0 atom stereocenters. The van der Waals surface area contributed by atoms with Crippen molar-refractivity contribution < 1.29 is 8.42 Å². The van der Waals surface area contributed by atoms with Crippen LogP contribution >= 0.6 is 11.3 Å². The molecule has 0 spiro atoms. The third-order valence-corrected chi connectivity index (χ3v) is 5.69. The van der Waals surface area contributed by atoms with Crippen LogP contribution in [0.3, 0.4) is 0 Å². The lowest BCUT2D eigenvalue weighted by atomic mass is 10.1. The minimum Gasteiger partial charge on any atom is -0.297 e. The van der Waals surface area contributed by atoms with Gasteiger partial charge in [-0.2, -0.15) is 0 Å². The smallest absolute Gasteiger partial charge is 0.235 e. The van der Waals surface area contributed by atoms with Gasteiger partial charge in [0, 0.05) is 29.0 Å². The summed E-state index contributed by atoms with van der Waals surface area (Å²) in [6.45, 7) is 3.29. The van der Waals surface area contributed by atoms with E-state index in [4.69, 9.17) is 0 Å². The number of rotatable bonds is 4. The lowest BCUT2D eigenvalue weighted by molar-refractivity contribution is 0.593. The van der Waals surface area contributed by atoms with E-state index in [0.29, 0.717) is 5.69 Å². The number of anilines is 1. The standard InChI is InChI=1S/C14H15N3O2S2/c1-10(2)21(18,19)16-12-5-3-11(4-6-12)13-9-17-7-8-20-14(17)15-13/h3-10,16H,1-2H3. The molecule has 0 fully saturated rings. The lowest BCUT2D eigenvalue weighted by Gasteiger charge is -2.10. The van der Waals surface area contributed by atoms with Crippen molar-refractivity contribution in [2.24, 2.45) is 0 Å². The fourth-order valence-corrected chi connectivity index (χ4v) is 3.26. The monoisotopic (exact) mass is 321 g/mol. The first-order valence-electron chi connectivity index (χ1n) is 6.50. The molecule has 7 heteroatoms. The fourth-order valence-electron chi connectivity index (χ4n) is 1.86. The number of hydrogen-bond donors (Lipinski definition) is 1. The molecule has 21 heavy (non-hydrogen) atoms. The Morgan fingerprint density at radius 2 is 1.95 bits per heavy atom. The molecule has 0 saturated carbocycles. The molecule has 0 saturated heterocycles. The summed E-state index contributed by atoms with van der Waals surface area (Å²) in [5.74, 6) is 0. The van der Waals surface area contributed by atoms with Crippen molar-refractivity contribution in [3.05, 3.63) is 42.0 Å². The molecule has 2 aromatic heterocycles. The fraction of sp³-hybridized carbons (Fsp3) is 0.214. The Morgan fingerprint density at radius 1 is 1.24 bits per heavy atom. The number of fused-ring (bicyclic) bond motifs is 1. The van der Waals surface area contributed by atoms with Crippen LogP contribution in [-0.2, 0) is 10.0 Å². The second-order valence-electron chi connectivity index (χ2n) is 4.99.